The number of halogens is 2. The fraction of sp³-hybridized carbons (Fsp3) is 0.222. The summed E-state index contributed by atoms with van der Waals surface area (Å²) in [6.07, 6.45) is 0.115. The summed E-state index contributed by atoms with van der Waals surface area (Å²) in [5.74, 6) is -0.976. The van der Waals surface area contributed by atoms with Gasteiger partial charge in [-0.05, 0) is 63.0 Å². The number of esters is 1. The molecule has 3 aromatic rings. The zero-order chi connectivity index (χ0) is 21.0. The number of benzene rings is 1. The van der Waals surface area contributed by atoms with Gasteiger partial charge in [-0.25, -0.2) is 4.98 Å². The van der Waals surface area contributed by atoms with Gasteiger partial charge in [-0.15, -0.1) is 0 Å². The number of nitrogens with one attached hydrogen (secondary N) is 3. The predicted octanol–water partition coefficient (Wildman–Crippen LogP) is 4.08. The Kier molecular flexibility index (Phi) is 7.04. The number of anilines is 1. The summed E-state index contributed by atoms with van der Waals surface area (Å²) >= 11 is 7.88. The average molecular weight is 544 g/mol. The standard InChI is InChI=1S/C18H16Br2N4O4S/c1-2-28-14(25)5-6-21-16(26)9-3-4-11-13(7-9)29-18(23-11)24-17(27)12-8-10(19)15(20)22-12/h3-4,7-8,22H,2,5-6H2,1H3,(H,21,26)(H,23,24,27). The van der Waals surface area contributed by atoms with Crippen LogP contribution in [-0.2, 0) is 9.53 Å². The molecule has 0 aliphatic carbocycles. The number of carbonyl (C=O) groups is 3. The molecule has 152 valence electrons. The molecule has 0 spiro atoms. The van der Waals surface area contributed by atoms with Gasteiger partial charge in [0.15, 0.2) is 5.13 Å². The van der Waals surface area contributed by atoms with Crippen molar-refractivity contribution in [2.45, 2.75) is 13.3 Å². The lowest BCUT2D eigenvalue weighted by Gasteiger charge is -2.05. The van der Waals surface area contributed by atoms with Gasteiger partial charge in [-0.2, -0.15) is 0 Å². The second-order valence-corrected chi connectivity index (χ2v) is 8.49. The van der Waals surface area contributed by atoms with Crippen molar-refractivity contribution >= 4 is 76.3 Å². The van der Waals surface area contributed by atoms with Crippen LogP contribution in [0.15, 0.2) is 33.3 Å². The molecule has 11 heteroatoms. The molecule has 3 rings (SSSR count). The molecule has 0 fully saturated rings. The SMILES string of the molecule is CCOC(=O)CCNC(=O)c1ccc2nc(NC(=O)c3cc(Br)c(Br)[nH]3)sc2c1. The fourth-order valence-corrected chi connectivity index (χ4v) is 3.98. The molecule has 2 aromatic heterocycles. The van der Waals surface area contributed by atoms with Crippen LogP contribution in [0.4, 0.5) is 5.13 Å². The zero-order valence-corrected chi connectivity index (χ0v) is 19.2. The number of carbonyl (C=O) groups excluding carboxylic acids is 3. The van der Waals surface area contributed by atoms with Crippen LogP contribution in [-0.4, -0.2) is 40.9 Å². The monoisotopic (exact) mass is 542 g/mol. The van der Waals surface area contributed by atoms with Crippen molar-refractivity contribution in [1.29, 1.82) is 0 Å². The summed E-state index contributed by atoms with van der Waals surface area (Å²) in [6.45, 7) is 2.24. The van der Waals surface area contributed by atoms with Gasteiger partial charge in [0.05, 0.1) is 32.3 Å². The Morgan fingerprint density at radius 2 is 2.00 bits per heavy atom. The predicted molar refractivity (Wildman–Crippen MR) is 117 cm³/mol. The lowest BCUT2D eigenvalue weighted by Crippen LogP contribution is -2.26. The average Bonchev–Trinajstić information content (AvgIpc) is 3.23. The molecule has 0 bridgehead atoms. The van der Waals surface area contributed by atoms with E-state index in [0.29, 0.717) is 33.1 Å². The van der Waals surface area contributed by atoms with Gasteiger partial charge in [-0.1, -0.05) is 11.3 Å². The maximum absolute atomic E-state index is 12.3. The van der Waals surface area contributed by atoms with E-state index >= 15 is 0 Å². The summed E-state index contributed by atoms with van der Waals surface area (Å²) < 4.78 is 6.99. The van der Waals surface area contributed by atoms with Crippen LogP contribution < -0.4 is 10.6 Å². The van der Waals surface area contributed by atoms with Crippen LogP contribution in [0.5, 0.6) is 0 Å². The van der Waals surface area contributed by atoms with Gasteiger partial charge in [0.25, 0.3) is 11.8 Å². The van der Waals surface area contributed by atoms with E-state index in [1.807, 2.05) is 0 Å². The van der Waals surface area contributed by atoms with Gasteiger partial charge in [0.2, 0.25) is 0 Å². The first kappa shape index (κ1) is 21.5. The molecule has 0 unspecified atom stereocenters. The topological polar surface area (TPSA) is 113 Å². The van der Waals surface area contributed by atoms with E-state index in [-0.39, 0.29) is 30.7 Å². The van der Waals surface area contributed by atoms with Crippen LogP contribution in [0, 0.1) is 0 Å². The van der Waals surface area contributed by atoms with Gasteiger partial charge in [-0.3, -0.25) is 19.7 Å². The number of nitrogens with zero attached hydrogens (tertiary/aromatic N) is 1. The molecule has 0 saturated heterocycles. The maximum Gasteiger partial charge on any atom is 0.307 e. The zero-order valence-electron chi connectivity index (χ0n) is 15.2. The number of aromatic amines is 1. The van der Waals surface area contributed by atoms with Crippen molar-refractivity contribution in [3.05, 3.63) is 44.6 Å². The van der Waals surface area contributed by atoms with E-state index in [1.54, 1.807) is 31.2 Å². The van der Waals surface area contributed by atoms with Crippen molar-refractivity contribution in [3.63, 3.8) is 0 Å². The number of ether oxygens (including phenoxy) is 1. The summed E-state index contributed by atoms with van der Waals surface area (Å²) in [7, 11) is 0. The summed E-state index contributed by atoms with van der Waals surface area (Å²) in [4.78, 5) is 43.2. The quantitative estimate of drug-likeness (QED) is 0.388. The molecular formula is C18H16Br2N4O4S. The number of rotatable bonds is 7. The largest absolute Gasteiger partial charge is 0.466 e. The molecule has 0 saturated carbocycles. The van der Waals surface area contributed by atoms with Gasteiger partial charge in [0, 0.05) is 12.1 Å². The lowest BCUT2D eigenvalue weighted by molar-refractivity contribution is -0.142. The fourth-order valence-electron chi connectivity index (χ4n) is 2.42. The van der Waals surface area contributed by atoms with Crippen molar-refractivity contribution in [1.82, 2.24) is 15.3 Å². The molecule has 1 aromatic carbocycles. The number of hydrogen-bond donors (Lipinski definition) is 3. The maximum atomic E-state index is 12.3. The number of amides is 2. The Morgan fingerprint density at radius 3 is 2.69 bits per heavy atom. The lowest BCUT2D eigenvalue weighted by atomic mass is 10.2. The third kappa shape index (κ3) is 5.43. The molecule has 0 atom stereocenters. The highest BCUT2D eigenvalue weighted by molar-refractivity contribution is 9.13. The first-order chi connectivity index (χ1) is 13.9. The normalized spacial score (nSPS) is 10.7. The minimum Gasteiger partial charge on any atom is -0.466 e. The van der Waals surface area contributed by atoms with Gasteiger partial charge < -0.3 is 15.0 Å². The van der Waals surface area contributed by atoms with Crippen LogP contribution in [0.25, 0.3) is 10.2 Å². The minimum atomic E-state index is -0.354. The first-order valence-corrected chi connectivity index (χ1v) is 11.0. The van der Waals surface area contributed by atoms with E-state index in [4.69, 9.17) is 4.74 Å². The highest BCUT2D eigenvalue weighted by Gasteiger charge is 2.15. The van der Waals surface area contributed by atoms with Crippen molar-refractivity contribution in [3.8, 4) is 0 Å². The van der Waals surface area contributed by atoms with E-state index in [0.717, 1.165) is 9.17 Å². The molecule has 0 radical (unpaired) electrons. The molecular weight excluding hydrogens is 528 g/mol. The third-order valence-corrected chi connectivity index (χ3v) is 6.48. The number of H-pyrrole nitrogens is 1. The Labute approximate surface area is 186 Å². The van der Waals surface area contributed by atoms with Crippen LogP contribution in [0.1, 0.15) is 34.2 Å². The van der Waals surface area contributed by atoms with Crippen LogP contribution in [0.2, 0.25) is 0 Å². The highest BCUT2D eigenvalue weighted by Crippen LogP contribution is 2.28. The summed E-state index contributed by atoms with van der Waals surface area (Å²) in [5, 5.41) is 5.84. The van der Waals surface area contributed by atoms with E-state index in [9.17, 15) is 14.4 Å². The van der Waals surface area contributed by atoms with Crippen LogP contribution in [0.3, 0.4) is 0 Å². The highest BCUT2D eigenvalue weighted by atomic mass is 79.9. The van der Waals surface area contributed by atoms with Gasteiger partial charge in [0.1, 0.15) is 5.69 Å². The molecule has 0 aliphatic rings. The summed E-state index contributed by atoms with van der Waals surface area (Å²) in [5.41, 5.74) is 1.49. The number of hydrogen-bond acceptors (Lipinski definition) is 6. The molecule has 2 heterocycles. The smallest absolute Gasteiger partial charge is 0.307 e. The third-order valence-electron chi connectivity index (χ3n) is 3.76. The van der Waals surface area contributed by atoms with E-state index in [2.05, 4.69) is 52.5 Å². The van der Waals surface area contributed by atoms with Crippen LogP contribution >= 0.6 is 43.2 Å². The summed E-state index contributed by atoms with van der Waals surface area (Å²) in [6, 6.07) is 6.71. The molecule has 3 N–H and O–H groups in total. The second-order valence-electron chi connectivity index (χ2n) is 5.81. The Bertz CT molecular complexity index is 1060. The van der Waals surface area contributed by atoms with E-state index < -0.39 is 0 Å². The van der Waals surface area contributed by atoms with Crippen molar-refractivity contribution < 1.29 is 19.1 Å². The Hall–Kier alpha value is -2.24. The number of thiazole rings is 1. The Balaban J connectivity index is 1.65. The van der Waals surface area contributed by atoms with Crippen molar-refractivity contribution in [2.24, 2.45) is 0 Å². The molecule has 2 amide bonds. The number of aromatic nitrogens is 2. The first-order valence-electron chi connectivity index (χ1n) is 8.57. The molecule has 8 nitrogen and oxygen atoms in total. The Morgan fingerprint density at radius 1 is 1.21 bits per heavy atom. The minimum absolute atomic E-state index is 0.115. The molecule has 0 aliphatic heterocycles. The molecule has 29 heavy (non-hydrogen) atoms. The second kappa shape index (κ2) is 9.51. The van der Waals surface area contributed by atoms with Gasteiger partial charge >= 0.3 is 5.97 Å². The number of fused-ring (bicyclic) bond motifs is 1. The van der Waals surface area contributed by atoms with Crippen molar-refractivity contribution in [2.75, 3.05) is 18.5 Å². The van der Waals surface area contributed by atoms with E-state index in [1.165, 1.54) is 11.3 Å².